The average Bonchev–Trinajstić information content (AvgIpc) is 2.46. The zero-order chi connectivity index (χ0) is 15.2. The third kappa shape index (κ3) is 4.20. The zero-order valence-corrected chi connectivity index (χ0v) is 11.4. The number of nitrogens with one attached hydrogen (secondary N) is 2. The fourth-order valence-corrected chi connectivity index (χ4v) is 1.74. The van der Waals surface area contributed by atoms with Gasteiger partial charge in [-0.25, -0.2) is 18.7 Å². The summed E-state index contributed by atoms with van der Waals surface area (Å²) in [7, 11) is 1.70. The number of hydrogen-bond donors (Lipinski definition) is 2. The van der Waals surface area contributed by atoms with Crippen LogP contribution in [0.1, 0.15) is 16.1 Å². The molecule has 2 aromatic rings. The number of halogens is 2. The van der Waals surface area contributed by atoms with Crippen LogP contribution in [-0.2, 0) is 6.42 Å². The number of carbonyl (C=O) groups is 1. The summed E-state index contributed by atoms with van der Waals surface area (Å²) in [5, 5.41) is 5.41. The smallest absolute Gasteiger partial charge is 0.271 e. The number of aromatic nitrogens is 2. The first-order chi connectivity index (χ1) is 10.1. The Labute approximate surface area is 120 Å². The van der Waals surface area contributed by atoms with E-state index in [1.165, 1.54) is 24.5 Å². The summed E-state index contributed by atoms with van der Waals surface area (Å²) in [6.07, 6.45) is 3.11. The Morgan fingerprint density at radius 3 is 2.43 bits per heavy atom. The minimum absolute atomic E-state index is 0.180. The van der Waals surface area contributed by atoms with Gasteiger partial charge in [-0.15, -0.1) is 0 Å². The predicted molar refractivity (Wildman–Crippen MR) is 74.0 cm³/mol. The van der Waals surface area contributed by atoms with Gasteiger partial charge in [-0.3, -0.25) is 4.79 Å². The third-order valence-electron chi connectivity index (χ3n) is 2.76. The maximum absolute atomic E-state index is 13.0. The first-order valence-electron chi connectivity index (χ1n) is 6.31. The molecule has 0 radical (unpaired) electrons. The molecular formula is C14H14F2N4O. The van der Waals surface area contributed by atoms with Gasteiger partial charge in [-0.05, 0) is 24.1 Å². The lowest BCUT2D eigenvalue weighted by Crippen LogP contribution is -2.26. The Balaban J connectivity index is 1.88. The summed E-state index contributed by atoms with van der Waals surface area (Å²) in [4.78, 5) is 19.7. The number of carbonyl (C=O) groups excluding carboxylic acids is 1. The van der Waals surface area contributed by atoms with Crippen molar-refractivity contribution in [3.8, 4) is 0 Å². The second kappa shape index (κ2) is 6.74. The van der Waals surface area contributed by atoms with Crippen molar-refractivity contribution in [2.45, 2.75) is 6.42 Å². The second-order valence-corrected chi connectivity index (χ2v) is 4.32. The van der Waals surface area contributed by atoms with Gasteiger partial charge in [-0.1, -0.05) is 0 Å². The molecule has 0 aliphatic rings. The summed E-state index contributed by atoms with van der Waals surface area (Å²) in [5.74, 6) is -1.10. The quantitative estimate of drug-likeness (QED) is 0.881. The van der Waals surface area contributed by atoms with Crippen LogP contribution in [0.4, 0.5) is 14.6 Å². The largest absolute Gasteiger partial charge is 0.372 e. The number of anilines is 1. The summed E-state index contributed by atoms with van der Waals surface area (Å²) in [6.45, 7) is 0.247. The molecule has 0 aliphatic heterocycles. The Bertz CT molecular complexity index is 611. The van der Waals surface area contributed by atoms with Crippen LogP contribution in [-0.4, -0.2) is 29.5 Å². The molecule has 0 atom stereocenters. The number of amides is 1. The normalized spacial score (nSPS) is 10.2. The van der Waals surface area contributed by atoms with E-state index in [0.717, 1.165) is 6.07 Å². The van der Waals surface area contributed by atoms with Crippen molar-refractivity contribution in [1.29, 1.82) is 0 Å². The third-order valence-corrected chi connectivity index (χ3v) is 2.76. The molecule has 0 saturated carbocycles. The van der Waals surface area contributed by atoms with Crippen LogP contribution in [0.2, 0.25) is 0 Å². The fourth-order valence-electron chi connectivity index (χ4n) is 1.74. The number of nitrogens with zero attached hydrogens (tertiary/aromatic N) is 2. The molecule has 0 saturated heterocycles. The molecule has 2 N–H and O–H groups in total. The van der Waals surface area contributed by atoms with E-state index in [0.29, 0.717) is 17.8 Å². The van der Waals surface area contributed by atoms with Crippen molar-refractivity contribution in [2.75, 3.05) is 18.9 Å². The topological polar surface area (TPSA) is 66.9 Å². The van der Waals surface area contributed by atoms with Crippen molar-refractivity contribution in [1.82, 2.24) is 15.3 Å². The minimum atomic E-state index is -0.634. The van der Waals surface area contributed by atoms with E-state index in [2.05, 4.69) is 20.6 Å². The molecule has 0 bridgehead atoms. The van der Waals surface area contributed by atoms with E-state index >= 15 is 0 Å². The van der Waals surface area contributed by atoms with Gasteiger partial charge in [-0.2, -0.15) is 0 Å². The molecule has 110 valence electrons. The Morgan fingerprint density at radius 2 is 1.86 bits per heavy atom. The molecule has 1 aromatic heterocycles. The lowest BCUT2D eigenvalue weighted by atomic mass is 10.1. The van der Waals surface area contributed by atoms with Crippen LogP contribution >= 0.6 is 0 Å². The van der Waals surface area contributed by atoms with E-state index in [4.69, 9.17) is 0 Å². The molecule has 0 fully saturated rings. The van der Waals surface area contributed by atoms with Crippen LogP contribution in [0.25, 0.3) is 0 Å². The number of rotatable bonds is 5. The molecule has 7 heteroatoms. The Hall–Kier alpha value is -2.57. The number of benzene rings is 1. The van der Waals surface area contributed by atoms with Crippen molar-refractivity contribution in [3.05, 3.63) is 53.5 Å². The van der Waals surface area contributed by atoms with Crippen molar-refractivity contribution >= 4 is 11.7 Å². The molecule has 0 unspecified atom stereocenters. The highest BCUT2D eigenvalue weighted by molar-refractivity contribution is 5.91. The zero-order valence-electron chi connectivity index (χ0n) is 11.4. The van der Waals surface area contributed by atoms with E-state index in [1.807, 2.05) is 0 Å². The van der Waals surface area contributed by atoms with Crippen molar-refractivity contribution < 1.29 is 13.6 Å². The maximum Gasteiger partial charge on any atom is 0.271 e. The van der Waals surface area contributed by atoms with E-state index in [-0.39, 0.29) is 18.1 Å². The monoisotopic (exact) mass is 292 g/mol. The van der Waals surface area contributed by atoms with Gasteiger partial charge in [0.1, 0.15) is 23.1 Å². The minimum Gasteiger partial charge on any atom is -0.372 e. The SMILES string of the molecule is CNc1cnc(C(=O)NCCc2cc(F)cc(F)c2)cn1. The highest BCUT2D eigenvalue weighted by Gasteiger charge is 2.07. The summed E-state index contributed by atoms with van der Waals surface area (Å²) < 4.78 is 26.0. The van der Waals surface area contributed by atoms with Gasteiger partial charge in [0.05, 0.1) is 12.4 Å². The van der Waals surface area contributed by atoms with Gasteiger partial charge >= 0.3 is 0 Å². The first-order valence-corrected chi connectivity index (χ1v) is 6.31. The maximum atomic E-state index is 13.0. The molecule has 1 aromatic carbocycles. The van der Waals surface area contributed by atoms with Crippen molar-refractivity contribution in [3.63, 3.8) is 0 Å². The first kappa shape index (κ1) is 14.8. The second-order valence-electron chi connectivity index (χ2n) is 4.32. The fraction of sp³-hybridized carbons (Fsp3) is 0.214. The summed E-state index contributed by atoms with van der Waals surface area (Å²) >= 11 is 0. The van der Waals surface area contributed by atoms with Crippen LogP contribution in [0.15, 0.2) is 30.6 Å². The molecule has 2 rings (SSSR count). The highest BCUT2D eigenvalue weighted by Crippen LogP contribution is 2.08. The van der Waals surface area contributed by atoms with E-state index in [1.54, 1.807) is 7.05 Å². The van der Waals surface area contributed by atoms with Crippen molar-refractivity contribution in [2.24, 2.45) is 0 Å². The number of hydrogen-bond acceptors (Lipinski definition) is 4. The van der Waals surface area contributed by atoms with Gasteiger partial charge in [0.15, 0.2) is 0 Å². The molecule has 0 aliphatic carbocycles. The standard InChI is InChI=1S/C14H14F2N4O/c1-17-13-8-19-12(7-20-13)14(21)18-3-2-9-4-10(15)6-11(16)5-9/h4-8H,2-3H2,1H3,(H,17,20)(H,18,21). The van der Waals surface area contributed by atoms with Gasteiger partial charge in [0, 0.05) is 19.7 Å². The lowest BCUT2D eigenvalue weighted by molar-refractivity contribution is 0.0949. The Kier molecular flexibility index (Phi) is 4.76. The van der Waals surface area contributed by atoms with Crippen LogP contribution in [0, 0.1) is 11.6 Å². The van der Waals surface area contributed by atoms with Gasteiger partial charge < -0.3 is 10.6 Å². The highest BCUT2D eigenvalue weighted by atomic mass is 19.1. The summed E-state index contributed by atoms with van der Waals surface area (Å²) in [5.41, 5.74) is 0.656. The molecule has 21 heavy (non-hydrogen) atoms. The van der Waals surface area contributed by atoms with E-state index in [9.17, 15) is 13.6 Å². The molecule has 1 heterocycles. The van der Waals surface area contributed by atoms with Crippen LogP contribution < -0.4 is 10.6 Å². The molecule has 1 amide bonds. The van der Waals surface area contributed by atoms with Crippen LogP contribution in [0.5, 0.6) is 0 Å². The summed E-state index contributed by atoms with van der Waals surface area (Å²) in [6, 6.07) is 3.27. The van der Waals surface area contributed by atoms with Gasteiger partial charge in [0.2, 0.25) is 0 Å². The Morgan fingerprint density at radius 1 is 1.14 bits per heavy atom. The molecule has 5 nitrogen and oxygen atoms in total. The molecule has 0 spiro atoms. The van der Waals surface area contributed by atoms with E-state index < -0.39 is 11.6 Å². The predicted octanol–water partition coefficient (Wildman–Crippen LogP) is 1.77. The lowest BCUT2D eigenvalue weighted by Gasteiger charge is -2.06. The molecular weight excluding hydrogens is 278 g/mol. The average molecular weight is 292 g/mol. The van der Waals surface area contributed by atoms with Crippen LogP contribution in [0.3, 0.4) is 0 Å². The van der Waals surface area contributed by atoms with Gasteiger partial charge in [0.25, 0.3) is 5.91 Å².